The molecule has 0 fully saturated rings. The van der Waals surface area contributed by atoms with Crippen molar-refractivity contribution in [2.75, 3.05) is 0 Å². The Morgan fingerprint density at radius 2 is 0.690 bits per heavy atom. The maximum Gasteiger partial charge on any atom is 0.460 e. The van der Waals surface area contributed by atoms with Gasteiger partial charge in [-0.2, -0.15) is 79.0 Å². The Labute approximate surface area is 313 Å². The van der Waals surface area contributed by atoms with Gasteiger partial charge >= 0.3 is 46.6 Å². The van der Waals surface area contributed by atoms with Gasteiger partial charge in [-0.15, -0.1) is 0 Å². The van der Waals surface area contributed by atoms with Gasteiger partial charge in [0.05, 0.1) is 9.79 Å². The molecule has 0 unspecified atom stereocenters. The van der Waals surface area contributed by atoms with Gasteiger partial charge in [-0.05, 0) is 57.0 Å². The lowest BCUT2D eigenvalue weighted by molar-refractivity contribution is -0.382. The van der Waals surface area contributed by atoms with E-state index >= 15 is 0 Å². The molecule has 4 nitrogen and oxygen atoms in total. The predicted molar refractivity (Wildman–Crippen MR) is 166 cm³/mol. The van der Waals surface area contributed by atoms with E-state index in [2.05, 4.69) is 48.5 Å². The quantitative estimate of drug-likeness (QED) is 0.143. The number of benzene rings is 4. The Hall–Kier alpha value is -4.48. The zero-order chi connectivity index (χ0) is 44.1. The first kappa shape index (κ1) is 44.6. The van der Waals surface area contributed by atoms with Crippen molar-refractivity contribution in [3.05, 3.63) is 107 Å². The van der Waals surface area contributed by atoms with E-state index in [1.807, 2.05) is 0 Å². The summed E-state index contributed by atoms with van der Waals surface area (Å²) in [7, 11) is -16.6. The fourth-order valence-corrected chi connectivity index (χ4v) is 9.65. The summed E-state index contributed by atoms with van der Waals surface area (Å²) in [6, 6.07) is 20.6. The third-order valence-electron chi connectivity index (χ3n) is 9.07. The Morgan fingerprint density at radius 3 is 1.07 bits per heavy atom. The third kappa shape index (κ3) is 6.21. The van der Waals surface area contributed by atoms with E-state index in [4.69, 9.17) is 0 Å². The van der Waals surface area contributed by atoms with E-state index in [-0.39, 0.29) is 11.6 Å². The first-order chi connectivity index (χ1) is 26.1. The van der Waals surface area contributed by atoms with Crippen LogP contribution in [0.2, 0.25) is 0 Å². The third-order valence-corrected chi connectivity index (χ3v) is 13.0. The van der Waals surface area contributed by atoms with Crippen LogP contribution in [0.1, 0.15) is 22.3 Å². The van der Waals surface area contributed by atoms with Gasteiger partial charge in [0.25, 0.3) is 19.7 Å². The highest BCUT2D eigenvalue weighted by atomic mass is 32.2. The molecule has 0 amide bonds. The van der Waals surface area contributed by atoms with Crippen LogP contribution in [0.5, 0.6) is 0 Å². The van der Waals surface area contributed by atoms with Gasteiger partial charge in [-0.25, -0.2) is 16.8 Å². The van der Waals surface area contributed by atoms with Crippen LogP contribution in [0.4, 0.5) is 79.0 Å². The number of hydrogen-bond acceptors (Lipinski definition) is 4. The summed E-state index contributed by atoms with van der Waals surface area (Å²) >= 11 is 0. The van der Waals surface area contributed by atoms with E-state index in [9.17, 15) is 95.9 Å². The van der Waals surface area contributed by atoms with Crippen molar-refractivity contribution >= 4 is 19.7 Å². The van der Waals surface area contributed by atoms with Gasteiger partial charge in [-0.3, -0.25) is 0 Å². The summed E-state index contributed by atoms with van der Waals surface area (Å²) < 4.78 is 296. The molecular weight excluding hydrogens is 878 g/mol. The second-order valence-corrected chi connectivity index (χ2v) is 16.5. The minimum atomic E-state index is -8.30. The van der Waals surface area contributed by atoms with Crippen LogP contribution in [-0.4, -0.2) is 63.4 Å². The number of halogens is 18. The Morgan fingerprint density at radius 1 is 0.362 bits per heavy atom. The zero-order valence-corrected chi connectivity index (χ0v) is 29.4. The van der Waals surface area contributed by atoms with Crippen LogP contribution in [0, 0.1) is 0 Å². The molecule has 4 aromatic carbocycles. The number of fused-ring (bicyclic) bond motifs is 6. The monoisotopic (exact) mass is 896 g/mol. The molecule has 0 spiro atoms. The van der Waals surface area contributed by atoms with Crippen molar-refractivity contribution in [1.82, 2.24) is 0 Å². The molecule has 0 radical (unpaired) electrons. The van der Waals surface area contributed by atoms with Crippen LogP contribution < -0.4 is 0 Å². The molecule has 0 atom stereocenters. The molecule has 0 aliphatic heterocycles. The van der Waals surface area contributed by atoms with Crippen molar-refractivity contribution in [2.24, 2.45) is 0 Å². The van der Waals surface area contributed by atoms with E-state index in [1.165, 1.54) is 22.3 Å². The van der Waals surface area contributed by atoms with E-state index < -0.39 is 105 Å². The van der Waals surface area contributed by atoms with Gasteiger partial charge < -0.3 is 0 Å². The molecule has 316 valence electrons. The topological polar surface area (TPSA) is 68.3 Å². The van der Waals surface area contributed by atoms with Gasteiger partial charge in [0.1, 0.15) is 0 Å². The van der Waals surface area contributed by atoms with E-state index in [1.54, 1.807) is 0 Å². The normalized spacial score (nSPS) is 15.2. The average Bonchev–Trinajstić information content (AvgIpc) is 3.68. The van der Waals surface area contributed by atoms with Crippen molar-refractivity contribution in [2.45, 2.75) is 69.2 Å². The summed E-state index contributed by atoms with van der Waals surface area (Å²) in [4.78, 5) is -6.63. The van der Waals surface area contributed by atoms with Crippen molar-refractivity contribution in [3.63, 3.8) is 0 Å². The molecular formula is C34H18F18O4S2. The lowest BCUT2D eigenvalue weighted by Crippen LogP contribution is -2.64. The minimum absolute atomic E-state index is 0.0871. The van der Waals surface area contributed by atoms with Crippen LogP contribution in [0.25, 0.3) is 22.3 Å². The molecule has 6 rings (SSSR count). The number of rotatable bonds is 8. The molecule has 0 saturated carbocycles. The summed E-state index contributed by atoms with van der Waals surface area (Å²) in [5.41, 5.74) is 2.33. The molecule has 0 N–H and O–H groups in total. The van der Waals surface area contributed by atoms with Crippen molar-refractivity contribution < 1.29 is 95.9 Å². The maximum absolute atomic E-state index is 14.8. The Balaban J connectivity index is 0.000000408. The van der Waals surface area contributed by atoms with Crippen LogP contribution in [0.15, 0.2) is 94.7 Å². The molecule has 0 aromatic heterocycles. The lowest BCUT2D eigenvalue weighted by atomic mass is 10.1. The number of sulfone groups is 2. The largest absolute Gasteiger partial charge is 0.460 e. The lowest BCUT2D eigenvalue weighted by Gasteiger charge is -2.35. The summed E-state index contributed by atoms with van der Waals surface area (Å²) in [6.45, 7) is 0. The predicted octanol–water partition coefficient (Wildman–Crippen LogP) is 10.9. The van der Waals surface area contributed by atoms with Gasteiger partial charge in [0.2, 0.25) is 0 Å². The summed E-state index contributed by atoms with van der Waals surface area (Å²) in [6.07, 6.45) is -15.7. The van der Waals surface area contributed by atoms with Crippen molar-refractivity contribution in [3.8, 4) is 22.3 Å². The van der Waals surface area contributed by atoms with Crippen LogP contribution in [-0.2, 0) is 32.5 Å². The van der Waals surface area contributed by atoms with Gasteiger partial charge in [0, 0.05) is 6.42 Å². The van der Waals surface area contributed by atoms with E-state index in [0.717, 1.165) is 30.7 Å². The van der Waals surface area contributed by atoms with Gasteiger partial charge in [-0.1, -0.05) is 78.9 Å². The van der Waals surface area contributed by atoms with Crippen LogP contribution in [0.3, 0.4) is 0 Å². The minimum Gasteiger partial charge on any atom is -0.217 e. The molecule has 58 heavy (non-hydrogen) atoms. The molecule has 24 heteroatoms. The zero-order valence-electron chi connectivity index (χ0n) is 27.7. The first-order valence-corrected chi connectivity index (χ1v) is 18.4. The number of alkyl halides is 18. The molecule has 0 heterocycles. The average molecular weight is 897 g/mol. The first-order valence-electron chi connectivity index (χ1n) is 15.4. The Kier molecular flexibility index (Phi) is 10.4. The fraction of sp³-hybridized carbons (Fsp3) is 0.294. The fourth-order valence-electron chi connectivity index (χ4n) is 6.07. The van der Waals surface area contributed by atoms with Crippen molar-refractivity contribution in [1.29, 1.82) is 0 Å². The summed E-state index contributed by atoms with van der Waals surface area (Å²) in [5.74, 6) is -32.3. The second kappa shape index (κ2) is 13.5. The second-order valence-electron chi connectivity index (χ2n) is 12.6. The SMILES string of the molecule is O=S(=O)(c1ccc2c(c1S(=O)(=O)C(F)(F)C(F)(F)C(F)(F)C(F)(F)F)Cc1ccccc1-2)C(F)(F)C(F)(F)C(F)(F)C(F)(F)F.c1ccc2c(c1)Cc1ccccc1-2. The molecule has 2 aliphatic carbocycles. The van der Waals surface area contributed by atoms with E-state index in [0.29, 0.717) is 0 Å². The highest BCUT2D eigenvalue weighted by Gasteiger charge is 2.87. The van der Waals surface area contributed by atoms with Crippen LogP contribution >= 0.6 is 0 Å². The molecule has 0 saturated heterocycles. The smallest absolute Gasteiger partial charge is 0.217 e. The van der Waals surface area contributed by atoms with Gasteiger partial charge in [0.15, 0.2) is 0 Å². The standard InChI is InChI=1S/C21H8F18O4S2.C13H10/c22-14(23,18(30,31)32)16(26,27)20(36,37)44(40,41)12-6-5-10-9-4-2-1-3-8(9)7-11(10)13(12)45(42,43)21(38,39)17(28,29)15(24,25)19(33,34)35;1-3-7-12-10(5-1)9-11-6-2-4-8-13(11)12/h1-6H,7H2;1-8H,9H2. The summed E-state index contributed by atoms with van der Waals surface area (Å²) in [5, 5.41) is -15.8. The molecule has 2 aliphatic rings. The molecule has 0 bridgehead atoms. The Bertz CT molecular complexity index is 2450. The molecule has 4 aromatic rings. The number of hydrogen-bond donors (Lipinski definition) is 0. The highest BCUT2D eigenvalue weighted by Crippen LogP contribution is 2.60. The maximum atomic E-state index is 14.8. The highest BCUT2D eigenvalue weighted by molar-refractivity contribution is 7.95.